The van der Waals surface area contributed by atoms with Crippen molar-refractivity contribution in [3.8, 4) is 0 Å². The minimum absolute atomic E-state index is 0.0671. The summed E-state index contributed by atoms with van der Waals surface area (Å²) in [5, 5.41) is 16.7. The van der Waals surface area contributed by atoms with Crippen LogP contribution in [0.2, 0.25) is 0 Å². The van der Waals surface area contributed by atoms with Gasteiger partial charge in [-0.1, -0.05) is 0 Å². The fraction of sp³-hybridized carbons (Fsp3) is 0.750. The molecule has 5 nitrogen and oxygen atoms in total. The number of rotatable bonds is 6. The molecule has 1 atom stereocenters. The zero-order chi connectivity index (χ0) is 10.3. The fourth-order valence-electron chi connectivity index (χ4n) is 0.794. The summed E-state index contributed by atoms with van der Waals surface area (Å²) in [6, 6.07) is 0. The third-order valence-electron chi connectivity index (χ3n) is 1.33. The first-order valence-electron chi connectivity index (χ1n) is 4.08. The van der Waals surface area contributed by atoms with Crippen molar-refractivity contribution in [2.24, 2.45) is 0 Å². The van der Waals surface area contributed by atoms with Gasteiger partial charge in [0.1, 0.15) is 6.10 Å². The number of aliphatic carboxylic acids is 1. The predicted octanol–water partition coefficient (Wildman–Crippen LogP) is 0.165. The first kappa shape index (κ1) is 11.9. The van der Waals surface area contributed by atoms with E-state index in [1.54, 1.807) is 0 Å². The molecule has 76 valence electrons. The van der Waals surface area contributed by atoms with Gasteiger partial charge < -0.3 is 14.9 Å². The summed E-state index contributed by atoms with van der Waals surface area (Å²) in [7, 11) is 0. The van der Waals surface area contributed by atoms with E-state index in [2.05, 4.69) is 0 Å². The number of aliphatic hydroxyl groups is 1. The van der Waals surface area contributed by atoms with Gasteiger partial charge in [0.25, 0.3) is 0 Å². The van der Waals surface area contributed by atoms with Crippen LogP contribution >= 0.6 is 0 Å². The van der Waals surface area contributed by atoms with E-state index in [9.17, 15) is 9.59 Å². The van der Waals surface area contributed by atoms with Crippen molar-refractivity contribution in [2.45, 2.75) is 32.3 Å². The summed E-state index contributed by atoms with van der Waals surface area (Å²) in [4.78, 5) is 21.0. The molecule has 0 aromatic heterocycles. The van der Waals surface area contributed by atoms with Crippen LogP contribution in [0, 0.1) is 0 Å². The van der Waals surface area contributed by atoms with Crippen LogP contribution in [0.5, 0.6) is 0 Å². The predicted molar refractivity (Wildman–Crippen MR) is 44.1 cm³/mol. The molecule has 0 saturated heterocycles. The molecule has 0 aromatic carbocycles. The number of carbonyl (C=O) groups is 2. The van der Waals surface area contributed by atoms with Crippen LogP contribution in [0.15, 0.2) is 0 Å². The Bertz CT molecular complexity index is 177. The van der Waals surface area contributed by atoms with Crippen molar-refractivity contribution in [1.82, 2.24) is 0 Å². The van der Waals surface area contributed by atoms with Crippen LogP contribution in [0.3, 0.4) is 0 Å². The number of carbonyl (C=O) groups excluding carboxylic acids is 1. The van der Waals surface area contributed by atoms with Gasteiger partial charge in [0.15, 0.2) is 0 Å². The number of hydrogen-bond donors (Lipinski definition) is 2. The Morgan fingerprint density at radius 1 is 1.46 bits per heavy atom. The van der Waals surface area contributed by atoms with Gasteiger partial charge in [-0.2, -0.15) is 0 Å². The Morgan fingerprint density at radius 3 is 2.54 bits per heavy atom. The molecule has 13 heavy (non-hydrogen) atoms. The molecule has 0 aromatic rings. The summed E-state index contributed by atoms with van der Waals surface area (Å²) in [5.41, 5.74) is 0. The molecule has 0 rings (SSSR count). The van der Waals surface area contributed by atoms with Crippen molar-refractivity contribution >= 4 is 11.9 Å². The normalized spacial score (nSPS) is 12.2. The van der Waals surface area contributed by atoms with Gasteiger partial charge >= 0.3 is 11.9 Å². The van der Waals surface area contributed by atoms with Crippen LogP contribution in [0.4, 0.5) is 0 Å². The van der Waals surface area contributed by atoms with Gasteiger partial charge in [-0.05, 0) is 13.3 Å². The van der Waals surface area contributed by atoms with Crippen molar-refractivity contribution in [3.05, 3.63) is 0 Å². The van der Waals surface area contributed by atoms with Crippen LogP contribution in [-0.2, 0) is 14.3 Å². The first-order chi connectivity index (χ1) is 6.06. The molecular weight excluding hydrogens is 176 g/mol. The van der Waals surface area contributed by atoms with Crippen LogP contribution < -0.4 is 0 Å². The Hall–Kier alpha value is -1.10. The van der Waals surface area contributed by atoms with E-state index in [1.165, 1.54) is 6.92 Å². The first-order valence-corrected chi connectivity index (χ1v) is 4.08. The summed E-state index contributed by atoms with van der Waals surface area (Å²) < 4.78 is 4.73. The smallest absolute Gasteiger partial charge is 0.307 e. The number of ether oxygens (including phenoxy) is 1. The quantitative estimate of drug-likeness (QED) is 0.583. The van der Waals surface area contributed by atoms with Crippen LogP contribution in [0.1, 0.15) is 26.2 Å². The van der Waals surface area contributed by atoms with E-state index in [0.717, 1.165) is 0 Å². The fourth-order valence-corrected chi connectivity index (χ4v) is 0.794. The Morgan fingerprint density at radius 2 is 2.08 bits per heavy atom. The molecule has 0 aliphatic rings. The number of esters is 1. The molecule has 0 aliphatic carbocycles. The van der Waals surface area contributed by atoms with E-state index in [-0.39, 0.29) is 19.4 Å². The number of carboxylic acids is 1. The molecule has 0 bridgehead atoms. The lowest BCUT2D eigenvalue weighted by atomic mass is 10.3. The van der Waals surface area contributed by atoms with Gasteiger partial charge in [-0.15, -0.1) is 0 Å². The third-order valence-corrected chi connectivity index (χ3v) is 1.33. The van der Waals surface area contributed by atoms with E-state index < -0.39 is 18.0 Å². The summed E-state index contributed by atoms with van der Waals surface area (Å²) in [5.74, 6) is -1.47. The molecule has 0 amide bonds. The molecule has 0 radical (unpaired) electrons. The molecule has 0 spiro atoms. The summed E-state index contributed by atoms with van der Waals surface area (Å²) in [6.45, 7) is 1.45. The monoisotopic (exact) mass is 190 g/mol. The number of hydrogen-bond acceptors (Lipinski definition) is 4. The van der Waals surface area contributed by atoms with Crippen molar-refractivity contribution in [3.63, 3.8) is 0 Å². The van der Waals surface area contributed by atoms with Crippen molar-refractivity contribution in [1.29, 1.82) is 0 Å². The van der Waals surface area contributed by atoms with Crippen molar-refractivity contribution < 1.29 is 24.5 Å². The SMILES string of the molecule is C[C@H](CC(=O)O)OC(=O)CCCO. The summed E-state index contributed by atoms with van der Waals surface area (Å²) >= 11 is 0. The Kier molecular flexibility index (Phi) is 5.88. The highest BCUT2D eigenvalue weighted by molar-refractivity contribution is 5.71. The molecule has 0 fully saturated rings. The molecule has 0 unspecified atom stereocenters. The maximum absolute atomic E-state index is 10.9. The highest BCUT2D eigenvalue weighted by atomic mass is 16.5. The van der Waals surface area contributed by atoms with E-state index in [1.807, 2.05) is 0 Å². The third kappa shape index (κ3) is 7.27. The maximum Gasteiger partial charge on any atom is 0.307 e. The van der Waals surface area contributed by atoms with Crippen LogP contribution in [0.25, 0.3) is 0 Å². The topological polar surface area (TPSA) is 83.8 Å². The lowest BCUT2D eigenvalue weighted by molar-refractivity contribution is -0.152. The number of aliphatic hydroxyl groups excluding tert-OH is 1. The lowest BCUT2D eigenvalue weighted by Crippen LogP contribution is -2.18. The second kappa shape index (κ2) is 6.42. The standard InChI is InChI=1S/C8H14O5/c1-6(5-7(10)11)13-8(12)3-2-4-9/h6,9H,2-5H2,1H3,(H,10,11)/t6-/m1/s1. The zero-order valence-electron chi connectivity index (χ0n) is 7.52. The second-order valence-electron chi connectivity index (χ2n) is 2.73. The largest absolute Gasteiger partial charge is 0.481 e. The van der Waals surface area contributed by atoms with Gasteiger partial charge in [-0.25, -0.2) is 0 Å². The maximum atomic E-state index is 10.9. The molecule has 5 heteroatoms. The highest BCUT2D eigenvalue weighted by Gasteiger charge is 2.12. The van der Waals surface area contributed by atoms with E-state index in [4.69, 9.17) is 14.9 Å². The molecule has 0 saturated carbocycles. The Balaban J connectivity index is 3.59. The number of carboxylic acid groups (broad SMARTS) is 1. The zero-order valence-corrected chi connectivity index (χ0v) is 7.52. The average Bonchev–Trinajstić information content (AvgIpc) is 1.98. The average molecular weight is 190 g/mol. The van der Waals surface area contributed by atoms with Gasteiger partial charge in [0.2, 0.25) is 0 Å². The lowest BCUT2D eigenvalue weighted by Gasteiger charge is -2.10. The highest BCUT2D eigenvalue weighted by Crippen LogP contribution is 2.01. The Labute approximate surface area is 76.3 Å². The van der Waals surface area contributed by atoms with E-state index in [0.29, 0.717) is 6.42 Å². The molecule has 2 N–H and O–H groups in total. The van der Waals surface area contributed by atoms with E-state index >= 15 is 0 Å². The van der Waals surface area contributed by atoms with Gasteiger partial charge in [0, 0.05) is 13.0 Å². The minimum atomic E-state index is -0.998. The van der Waals surface area contributed by atoms with Gasteiger partial charge in [-0.3, -0.25) is 9.59 Å². The van der Waals surface area contributed by atoms with Crippen LogP contribution in [-0.4, -0.2) is 34.9 Å². The van der Waals surface area contributed by atoms with Gasteiger partial charge in [0.05, 0.1) is 6.42 Å². The molecule has 0 aliphatic heterocycles. The molecular formula is C8H14O5. The second-order valence-corrected chi connectivity index (χ2v) is 2.73. The molecule has 0 heterocycles. The minimum Gasteiger partial charge on any atom is -0.481 e. The summed E-state index contributed by atoms with van der Waals surface area (Å²) in [6.07, 6.45) is -0.326. The van der Waals surface area contributed by atoms with Crippen molar-refractivity contribution in [2.75, 3.05) is 6.61 Å².